The molecule has 3 aliphatic heterocycles. The van der Waals surface area contributed by atoms with Crippen molar-refractivity contribution in [2.45, 2.75) is 71.5 Å². The summed E-state index contributed by atoms with van der Waals surface area (Å²) in [7, 11) is 0. The predicted octanol–water partition coefficient (Wildman–Crippen LogP) is 3.04. The highest BCUT2D eigenvalue weighted by molar-refractivity contribution is 6.04. The molecule has 1 N–H and O–H groups in total. The van der Waals surface area contributed by atoms with Crippen molar-refractivity contribution in [3.8, 4) is 11.5 Å². The highest BCUT2D eigenvalue weighted by Crippen LogP contribution is 2.52. The van der Waals surface area contributed by atoms with Gasteiger partial charge in [0.15, 0.2) is 11.5 Å². The van der Waals surface area contributed by atoms with Gasteiger partial charge in [-0.25, -0.2) is 4.79 Å². The van der Waals surface area contributed by atoms with Crippen molar-refractivity contribution < 1.29 is 23.9 Å². The van der Waals surface area contributed by atoms with Crippen molar-refractivity contribution >= 4 is 17.8 Å². The number of carbonyl (C=O) groups is 3. The molecule has 3 heterocycles. The molecule has 4 aliphatic rings. The minimum absolute atomic E-state index is 0.0905. The molecule has 4 amide bonds. The molecule has 0 radical (unpaired) electrons. The Morgan fingerprint density at radius 1 is 1.16 bits per heavy atom. The van der Waals surface area contributed by atoms with E-state index >= 15 is 0 Å². The van der Waals surface area contributed by atoms with Crippen molar-refractivity contribution in [1.82, 2.24) is 15.1 Å². The van der Waals surface area contributed by atoms with Crippen molar-refractivity contribution in [2.75, 3.05) is 13.3 Å². The number of urea groups is 1. The summed E-state index contributed by atoms with van der Waals surface area (Å²) in [5.74, 6) is 1.08. The number of fused-ring (bicyclic) bond motifs is 3. The molecule has 3 atom stereocenters. The van der Waals surface area contributed by atoms with E-state index in [1.54, 1.807) is 12.1 Å². The molecule has 1 aromatic carbocycles. The van der Waals surface area contributed by atoms with Crippen LogP contribution < -0.4 is 14.8 Å². The quantitative estimate of drug-likeness (QED) is 0.710. The number of nitrogens with one attached hydrogen (secondary N) is 1. The SMILES string of the molecule is CC1(C)C[C@@H]2C[C@](C)(CN2C(=O)CC[C@H]2NC(=O)N(Cc3ccc4c(c3)OCO4)C2=O)C1. The molecule has 2 bridgehead atoms. The van der Waals surface area contributed by atoms with Gasteiger partial charge in [0.25, 0.3) is 5.91 Å². The van der Waals surface area contributed by atoms with E-state index in [0.717, 1.165) is 31.4 Å². The van der Waals surface area contributed by atoms with Crippen molar-refractivity contribution in [3.63, 3.8) is 0 Å². The fraction of sp³-hybridized carbons (Fsp3) is 0.625. The van der Waals surface area contributed by atoms with Gasteiger partial charge in [-0.15, -0.1) is 0 Å². The monoisotopic (exact) mass is 441 g/mol. The zero-order valence-corrected chi connectivity index (χ0v) is 19.0. The van der Waals surface area contributed by atoms with E-state index in [4.69, 9.17) is 9.47 Å². The van der Waals surface area contributed by atoms with Crippen LogP contribution in [0.5, 0.6) is 11.5 Å². The van der Waals surface area contributed by atoms with Crippen LogP contribution in [0.4, 0.5) is 4.79 Å². The summed E-state index contributed by atoms with van der Waals surface area (Å²) in [6.45, 7) is 7.98. The smallest absolute Gasteiger partial charge is 0.325 e. The molecule has 1 saturated carbocycles. The summed E-state index contributed by atoms with van der Waals surface area (Å²) >= 11 is 0. The van der Waals surface area contributed by atoms with Crippen molar-refractivity contribution in [1.29, 1.82) is 0 Å². The Kier molecular flexibility index (Phi) is 4.87. The van der Waals surface area contributed by atoms with Gasteiger partial charge in [-0.2, -0.15) is 0 Å². The van der Waals surface area contributed by atoms with Crippen LogP contribution in [0.25, 0.3) is 0 Å². The second-order valence-corrected chi connectivity index (χ2v) is 10.9. The largest absolute Gasteiger partial charge is 0.454 e. The molecule has 0 spiro atoms. The first-order valence-electron chi connectivity index (χ1n) is 11.4. The number of nitrogens with zero attached hydrogens (tertiary/aromatic N) is 2. The molecule has 0 unspecified atom stereocenters. The van der Waals surface area contributed by atoms with E-state index < -0.39 is 12.1 Å². The van der Waals surface area contributed by atoms with E-state index in [2.05, 4.69) is 26.1 Å². The van der Waals surface area contributed by atoms with Crippen LogP contribution in [0.2, 0.25) is 0 Å². The van der Waals surface area contributed by atoms with Gasteiger partial charge in [0.05, 0.1) is 6.54 Å². The second kappa shape index (κ2) is 7.39. The number of ether oxygens (including phenoxy) is 2. The lowest BCUT2D eigenvalue weighted by Crippen LogP contribution is -2.39. The molecule has 8 heteroatoms. The maximum Gasteiger partial charge on any atom is 0.325 e. The third-order valence-electron chi connectivity index (χ3n) is 7.27. The number of carbonyl (C=O) groups excluding carboxylic acids is 3. The van der Waals surface area contributed by atoms with Gasteiger partial charge in [0.2, 0.25) is 12.7 Å². The van der Waals surface area contributed by atoms with E-state index in [0.29, 0.717) is 17.9 Å². The molecule has 3 fully saturated rings. The van der Waals surface area contributed by atoms with Crippen LogP contribution >= 0.6 is 0 Å². The second-order valence-electron chi connectivity index (χ2n) is 10.9. The molecular weight excluding hydrogens is 410 g/mol. The number of likely N-dealkylation sites (tertiary alicyclic amines) is 1. The predicted molar refractivity (Wildman–Crippen MR) is 116 cm³/mol. The number of imide groups is 1. The standard InChI is InChI=1S/C24H31N3O5/c1-23(2)9-16-10-24(3,12-23)13-27(16)20(28)7-5-17-21(29)26(22(30)25-17)11-15-4-6-18-19(8-15)32-14-31-18/h4,6,8,16-17H,5,7,9-14H2,1-3H3,(H,25,30)/t16-,17-,24+/m1/s1. The van der Waals surface area contributed by atoms with E-state index in [1.165, 1.54) is 4.90 Å². The summed E-state index contributed by atoms with van der Waals surface area (Å²) in [6.07, 6.45) is 3.81. The Hall–Kier alpha value is -2.77. The van der Waals surface area contributed by atoms with E-state index in [-0.39, 0.29) is 48.4 Å². The maximum absolute atomic E-state index is 13.0. The lowest BCUT2D eigenvalue weighted by atomic mass is 9.65. The average Bonchev–Trinajstić information content (AvgIpc) is 3.35. The zero-order valence-electron chi connectivity index (χ0n) is 19.0. The molecular formula is C24H31N3O5. The normalized spacial score (nSPS) is 30.1. The lowest BCUT2D eigenvalue weighted by Gasteiger charge is -2.39. The fourth-order valence-electron chi connectivity index (χ4n) is 6.31. The van der Waals surface area contributed by atoms with Crippen LogP contribution in [-0.2, 0) is 16.1 Å². The van der Waals surface area contributed by atoms with E-state index in [9.17, 15) is 14.4 Å². The van der Waals surface area contributed by atoms with Gasteiger partial charge < -0.3 is 19.7 Å². The average molecular weight is 442 g/mol. The summed E-state index contributed by atoms with van der Waals surface area (Å²) < 4.78 is 10.7. The minimum Gasteiger partial charge on any atom is -0.454 e. The topological polar surface area (TPSA) is 88.2 Å². The minimum atomic E-state index is -0.658. The first-order chi connectivity index (χ1) is 15.1. The zero-order chi connectivity index (χ0) is 22.7. The third kappa shape index (κ3) is 3.80. The van der Waals surface area contributed by atoms with Gasteiger partial charge in [-0.05, 0) is 54.2 Å². The number of benzene rings is 1. The van der Waals surface area contributed by atoms with Gasteiger partial charge in [-0.3, -0.25) is 14.5 Å². The van der Waals surface area contributed by atoms with Crippen LogP contribution in [0.1, 0.15) is 58.4 Å². The van der Waals surface area contributed by atoms with Gasteiger partial charge >= 0.3 is 6.03 Å². The molecule has 172 valence electrons. The summed E-state index contributed by atoms with van der Waals surface area (Å²) in [6, 6.07) is 4.59. The Morgan fingerprint density at radius 2 is 1.94 bits per heavy atom. The highest BCUT2D eigenvalue weighted by atomic mass is 16.7. The van der Waals surface area contributed by atoms with Crippen LogP contribution in [0, 0.1) is 10.8 Å². The Bertz CT molecular complexity index is 976. The summed E-state index contributed by atoms with van der Waals surface area (Å²) in [4.78, 5) is 41.6. The number of hydrogen-bond acceptors (Lipinski definition) is 5. The summed E-state index contributed by atoms with van der Waals surface area (Å²) in [5.41, 5.74) is 1.22. The van der Waals surface area contributed by atoms with E-state index in [1.807, 2.05) is 11.0 Å². The van der Waals surface area contributed by atoms with Crippen LogP contribution in [0.15, 0.2) is 18.2 Å². The van der Waals surface area contributed by atoms with Crippen molar-refractivity contribution in [2.24, 2.45) is 10.8 Å². The van der Waals surface area contributed by atoms with Gasteiger partial charge in [0.1, 0.15) is 6.04 Å². The highest BCUT2D eigenvalue weighted by Gasteiger charge is 2.51. The molecule has 1 aromatic rings. The van der Waals surface area contributed by atoms with Crippen LogP contribution in [-0.4, -0.2) is 53.1 Å². The lowest BCUT2D eigenvalue weighted by molar-refractivity contribution is -0.133. The van der Waals surface area contributed by atoms with Crippen LogP contribution in [0.3, 0.4) is 0 Å². The first kappa shape index (κ1) is 21.1. The first-order valence-corrected chi connectivity index (χ1v) is 11.4. The molecule has 5 rings (SSSR count). The fourth-order valence-corrected chi connectivity index (χ4v) is 6.31. The number of rotatable bonds is 5. The summed E-state index contributed by atoms with van der Waals surface area (Å²) in [5, 5.41) is 2.75. The molecule has 0 aromatic heterocycles. The molecule has 32 heavy (non-hydrogen) atoms. The Balaban J connectivity index is 1.18. The van der Waals surface area contributed by atoms with Gasteiger partial charge in [0, 0.05) is 19.0 Å². The van der Waals surface area contributed by atoms with Gasteiger partial charge in [-0.1, -0.05) is 26.8 Å². The van der Waals surface area contributed by atoms with Crippen molar-refractivity contribution in [3.05, 3.63) is 23.8 Å². The molecule has 8 nitrogen and oxygen atoms in total. The third-order valence-corrected chi connectivity index (χ3v) is 7.27. The number of hydrogen-bond donors (Lipinski definition) is 1. The molecule has 2 saturated heterocycles. The maximum atomic E-state index is 13.0. The Morgan fingerprint density at radius 3 is 2.75 bits per heavy atom. The molecule has 1 aliphatic carbocycles. The Labute approximate surface area is 188 Å². The number of amides is 4.